The van der Waals surface area contributed by atoms with Crippen molar-refractivity contribution in [2.45, 2.75) is 50.8 Å². The van der Waals surface area contributed by atoms with Crippen molar-refractivity contribution in [3.8, 4) is 0 Å². The fourth-order valence-electron chi connectivity index (χ4n) is 4.16. The van der Waals surface area contributed by atoms with Crippen LogP contribution in [-0.2, 0) is 16.0 Å². The van der Waals surface area contributed by atoms with Crippen LogP contribution in [0.4, 0.5) is 0 Å². The Labute approximate surface area is 161 Å². The van der Waals surface area contributed by atoms with Crippen molar-refractivity contribution in [3.05, 3.63) is 30.1 Å². The van der Waals surface area contributed by atoms with E-state index in [9.17, 15) is 14.7 Å². The highest BCUT2D eigenvalue weighted by atomic mass is 16.3. The maximum absolute atomic E-state index is 12.9. The molecule has 2 aliphatic rings. The number of pyridine rings is 1. The van der Waals surface area contributed by atoms with Crippen molar-refractivity contribution in [3.63, 3.8) is 0 Å². The summed E-state index contributed by atoms with van der Waals surface area (Å²) in [6.07, 6.45) is 4.36. The number of β-amino-alcohol motifs (C(OH)–C–C–N with tert-alkyl or cyclic N) is 1. The molecule has 1 aromatic heterocycles. The number of aromatic nitrogens is 1. The fraction of sp³-hybridized carbons (Fsp3) is 0.650. The first-order valence-corrected chi connectivity index (χ1v) is 9.80. The normalized spacial score (nSPS) is 24.2. The van der Waals surface area contributed by atoms with Crippen LogP contribution in [0.3, 0.4) is 0 Å². The lowest BCUT2D eigenvalue weighted by Crippen LogP contribution is -2.52. The molecule has 7 nitrogen and oxygen atoms in total. The molecule has 0 bridgehead atoms. The number of likely N-dealkylation sites (tertiary alicyclic amines) is 2. The average molecular weight is 374 g/mol. The van der Waals surface area contributed by atoms with E-state index in [-0.39, 0.29) is 24.4 Å². The monoisotopic (exact) mass is 374 g/mol. The first-order chi connectivity index (χ1) is 13.0. The van der Waals surface area contributed by atoms with Gasteiger partial charge in [0.25, 0.3) is 0 Å². The van der Waals surface area contributed by atoms with E-state index in [0.717, 1.165) is 44.6 Å². The van der Waals surface area contributed by atoms with Gasteiger partial charge in [0.2, 0.25) is 11.8 Å². The molecule has 2 fully saturated rings. The molecule has 2 atom stereocenters. The Morgan fingerprint density at radius 1 is 1.30 bits per heavy atom. The Balaban J connectivity index is 1.48. The zero-order chi connectivity index (χ0) is 19.4. The van der Waals surface area contributed by atoms with Gasteiger partial charge in [-0.2, -0.15) is 0 Å². The van der Waals surface area contributed by atoms with Gasteiger partial charge in [-0.05, 0) is 25.0 Å². The highest BCUT2D eigenvalue weighted by Crippen LogP contribution is 2.23. The van der Waals surface area contributed by atoms with Gasteiger partial charge in [0.15, 0.2) is 0 Å². The molecule has 2 saturated heterocycles. The summed E-state index contributed by atoms with van der Waals surface area (Å²) in [6.45, 7) is 4.61. The number of rotatable bonds is 5. The molecule has 2 amide bonds. The minimum Gasteiger partial charge on any atom is -0.391 e. The van der Waals surface area contributed by atoms with Gasteiger partial charge in [-0.25, -0.2) is 0 Å². The van der Waals surface area contributed by atoms with Crippen LogP contribution in [0, 0.1) is 0 Å². The highest BCUT2D eigenvalue weighted by Gasteiger charge is 2.40. The van der Waals surface area contributed by atoms with Crippen LogP contribution in [-0.4, -0.2) is 88.0 Å². The Bertz CT molecular complexity index is 646. The molecule has 1 N–H and O–H groups in total. The molecule has 148 valence electrons. The Morgan fingerprint density at radius 2 is 2.04 bits per heavy atom. The van der Waals surface area contributed by atoms with Gasteiger partial charge in [-0.15, -0.1) is 0 Å². The van der Waals surface area contributed by atoms with E-state index in [1.165, 1.54) is 11.8 Å². The van der Waals surface area contributed by atoms with Crippen LogP contribution >= 0.6 is 0 Å². The summed E-state index contributed by atoms with van der Waals surface area (Å²) in [4.78, 5) is 34.8. The molecule has 3 rings (SSSR count). The minimum atomic E-state index is -0.607. The second kappa shape index (κ2) is 8.80. The van der Waals surface area contributed by atoms with E-state index in [4.69, 9.17) is 0 Å². The number of likely N-dealkylation sites (N-methyl/N-ethyl adjacent to an activating group) is 1. The molecule has 3 heterocycles. The van der Waals surface area contributed by atoms with Gasteiger partial charge in [-0.1, -0.05) is 6.07 Å². The standard InChI is InChI=1S/C20H30N4O3/c1-15(25)24-14-18(26)13-19(24)20(27)22(2)17-7-11-23(12-8-17)10-6-16-5-3-4-9-21-16/h3-5,9,17-19,26H,6-8,10-14H2,1-2H3/t18-,19+/m0/s1. The van der Waals surface area contributed by atoms with E-state index in [1.807, 2.05) is 25.4 Å². The van der Waals surface area contributed by atoms with Gasteiger partial charge < -0.3 is 19.8 Å². The highest BCUT2D eigenvalue weighted by molar-refractivity contribution is 5.87. The summed E-state index contributed by atoms with van der Waals surface area (Å²) >= 11 is 0. The van der Waals surface area contributed by atoms with Crippen LogP contribution < -0.4 is 0 Å². The summed E-state index contributed by atoms with van der Waals surface area (Å²) in [5.74, 6) is -0.198. The van der Waals surface area contributed by atoms with Crippen molar-refractivity contribution in [2.75, 3.05) is 33.2 Å². The fourth-order valence-corrected chi connectivity index (χ4v) is 4.16. The molecular weight excluding hydrogens is 344 g/mol. The van der Waals surface area contributed by atoms with Gasteiger partial charge in [0.1, 0.15) is 6.04 Å². The number of piperidine rings is 1. The molecule has 1 aromatic rings. The third-order valence-electron chi connectivity index (χ3n) is 5.83. The number of carbonyl (C=O) groups excluding carboxylic acids is 2. The maximum Gasteiger partial charge on any atom is 0.245 e. The van der Waals surface area contributed by atoms with Crippen LogP contribution in [0.5, 0.6) is 0 Å². The summed E-state index contributed by atoms with van der Waals surface area (Å²) in [6, 6.07) is 5.66. The SMILES string of the molecule is CC(=O)N1C[C@@H](O)C[C@@H]1C(=O)N(C)C1CCN(CCc2ccccn2)CC1. The van der Waals surface area contributed by atoms with Gasteiger partial charge in [-0.3, -0.25) is 14.6 Å². The van der Waals surface area contributed by atoms with Gasteiger partial charge in [0.05, 0.1) is 6.10 Å². The largest absolute Gasteiger partial charge is 0.391 e. The topological polar surface area (TPSA) is 77.0 Å². The quantitative estimate of drug-likeness (QED) is 0.814. The molecule has 7 heteroatoms. The van der Waals surface area contributed by atoms with E-state index in [0.29, 0.717) is 6.42 Å². The lowest BCUT2D eigenvalue weighted by atomic mass is 10.0. The zero-order valence-electron chi connectivity index (χ0n) is 16.3. The molecule has 27 heavy (non-hydrogen) atoms. The van der Waals surface area contributed by atoms with Crippen LogP contribution in [0.1, 0.15) is 31.9 Å². The zero-order valence-corrected chi connectivity index (χ0v) is 16.3. The molecular formula is C20H30N4O3. The van der Waals surface area contributed by atoms with Crippen molar-refractivity contribution >= 4 is 11.8 Å². The van der Waals surface area contributed by atoms with Crippen LogP contribution in [0.15, 0.2) is 24.4 Å². The van der Waals surface area contributed by atoms with Gasteiger partial charge in [0, 0.05) is 70.9 Å². The second-order valence-electron chi connectivity index (χ2n) is 7.67. The molecule has 0 saturated carbocycles. The molecule has 0 radical (unpaired) electrons. The Morgan fingerprint density at radius 3 is 2.67 bits per heavy atom. The first-order valence-electron chi connectivity index (χ1n) is 9.80. The van der Waals surface area contributed by atoms with E-state index in [2.05, 4.69) is 16.0 Å². The van der Waals surface area contributed by atoms with Crippen LogP contribution in [0.2, 0.25) is 0 Å². The summed E-state index contributed by atoms with van der Waals surface area (Å²) in [5.41, 5.74) is 1.11. The number of aliphatic hydroxyl groups excluding tert-OH is 1. The van der Waals surface area contributed by atoms with E-state index >= 15 is 0 Å². The number of carbonyl (C=O) groups is 2. The third-order valence-corrected chi connectivity index (χ3v) is 5.83. The number of hydrogen-bond donors (Lipinski definition) is 1. The van der Waals surface area contributed by atoms with Crippen molar-refractivity contribution in [1.29, 1.82) is 0 Å². The lowest BCUT2D eigenvalue weighted by molar-refractivity contribution is -0.144. The van der Waals surface area contributed by atoms with Crippen molar-refractivity contribution in [2.24, 2.45) is 0 Å². The summed E-state index contributed by atoms with van der Waals surface area (Å²) in [7, 11) is 1.83. The maximum atomic E-state index is 12.9. The van der Waals surface area contributed by atoms with Gasteiger partial charge >= 0.3 is 0 Å². The van der Waals surface area contributed by atoms with Crippen LogP contribution in [0.25, 0.3) is 0 Å². The number of hydrogen-bond acceptors (Lipinski definition) is 5. The van der Waals surface area contributed by atoms with Crippen molar-refractivity contribution < 1.29 is 14.7 Å². The average Bonchev–Trinajstić information content (AvgIpc) is 3.08. The summed E-state index contributed by atoms with van der Waals surface area (Å²) in [5, 5.41) is 9.87. The predicted molar refractivity (Wildman–Crippen MR) is 102 cm³/mol. The third kappa shape index (κ3) is 4.84. The lowest BCUT2D eigenvalue weighted by Gasteiger charge is -2.38. The second-order valence-corrected chi connectivity index (χ2v) is 7.67. The molecule has 0 aromatic carbocycles. The molecule has 2 aliphatic heterocycles. The molecule has 0 unspecified atom stereocenters. The summed E-state index contributed by atoms with van der Waals surface area (Å²) < 4.78 is 0. The number of aliphatic hydroxyl groups is 1. The number of nitrogens with zero attached hydrogens (tertiary/aromatic N) is 4. The molecule has 0 aliphatic carbocycles. The minimum absolute atomic E-state index is 0.0475. The van der Waals surface area contributed by atoms with E-state index < -0.39 is 12.1 Å². The Kier molecular flexibility index (Phi) is 6.44. The first kappa shape index (κ1) is 19.8. The molecule has 0 spiro atoms. The predicted octanol–water partition coefficient (Wildman–Crippen LogP) is 0.529. The van der Waals surface area contributed by atoms with E-state index in [1.54, 1.807) is 4.90 Å². The number of amides is 2. The van der Waals surface area contributed by atoms with Crippen molar-refractivity contribution in [1.82, 2.24) is 19.7 Å². The smallest absolute Gasteiger partial charge is 0.245 e. The Hall–Kier alpha value is -1.99.